The van der Waals surface area contributed by atoms with Gasteiger partial charge in [0.05, 0.1) is 11.4 Å². The molecule has 0 atom stereocenters. The van der Waals surface area contributed by atoms with Gasteiger partial charge in [-0.25, -0.2) is 4.98 Å². The summed E-state index contributed by atoms with van der Waals surface area (Å²) in [6, 6.07) is 34.7. The van der Waals surface area contributed by atoms with Gasteiger partial charge in [0.1, 0.15) is 0 Å². The Morgan fingerprint density at radius 2 is 1.09 bits per heavy atom. The summed E-state index contributed by atoms with van der Waals surface area (Å²) in [5, 5.41) is 0. The molecule has 32 heavy (non-hydrogen) atoms. The Hall–Kier alpha value is -3.19. The molecule has 5 rings (SSSR count). The number of benzene rings is 3. The number of hydrogen-bond donors (Lipinski definition) is 0. The molecule has 1 aromatic heterocycles. The van der Waals surface area contributed by atoms with Crippen LogP contribution in [0.3, 0.4) is 0 Å². The molecule has 4 aromatic rings. The van der Waals surface area contributed by atoms with E-state index in [2.05, 4.69) is 111 Å². The van der Waals surface area contributed by atoms with E-state index in [1.165, 1.54) is 42.4 Å². The first-order valence-corrected chi connectivity index (χ1v) is 11.8. The van der Waals surface area contributed by atoms with Crippen molar-refractivity contribution in [3.8, 4) is 33.6 Å². The molecule has 1 saturated carbocycles. The highest BCUT2D eigenvalue weighted by atomic mass is 14.7. The molecule has 0 amide bonds. The van der Waals surface area contributed by atoms with Gasteiger partial charge in [0.2, 0.25) is 0 Å². The zero-order valence-corrected chi connectivity index (χ0v) is 19.1. The van der Waals surface area contributed by atoms with Crippen molar-refractivity contribution in [2.45, 2.75) is 45.4 Å². The van der Waals surface area contributed by atoms with E-state index < -0.39 is 0 Å². The predicted molar refractivity (Wildman–Crippen MR) is 136 cm³/mol. The maximum Gasteiger partial charge on any atom is 0.0715 e. The van der Waals surface area contributed by atoms with Crippen LogP contribution in [0.5, 0.6) is 0 Å². The van der Waals surface area contributed by atoms with Gasteiger partial charge < -0.3 is 0 Å². The molecular formula is C31H31N. The summed E-state index contributed by atoms with van der Waals surface area (Å²) in [6.07, 6.45) is 5.26. The van der Waals surface area contributed by atoms with Gasteiger partial charge in [-0.3, -0.25) is 0 Å². The van der Waals surface area contributed by atoms with E-state index >= 15 is 0 Å². The lowest BCUT2D eigenvalue weighted by Gasteiger charge is -2.34. The van der Waals surface area contributed by atoms with E-state index in [0.29, 0.717) is 11.3 Å². The van der Waals surface area contributed by atoms with Gasteiger partial charge in [-0.05, 0) is 65.8 Å². The Morgan fingerprint density at radius 3 is 1.59 bits per heavy atom. The summed E-state index contributed by atoms with van der Waals surface area (Å²) < 4.78 is 0. The molecule has 0 aliphatic heterocycles. The number of nitrogens with zero attached hydrogens (tertiary/aromatic N) is 1. The highest BCUT2D eigenvalue weighted by molar-refractivity contribution is 5.76. The minimum absolute atomic E-state index is 0.509. The van der Waals surface area contributed by atoms with Crippen molar-refractivity contribution in [1.29, 1.82) is 0 Å². The molecule has 0 N–H and O–H groups in total. The number of hydrogen-bond acceptors (Lipinski definition) is 1. The van der Waals surface area contributed by atoms with Crippen molar-refractivity contribution in [2.24, 2.45) is 5.41 Å². The first kappa shape index (κ1) is 20.7. The van der Waals surface area contributed by atoms with Crippen molar-refractivity contribution in [1.82, 2.24) is 4.98 Å². The Labute approximate surface area is 192 Å². The topological polar surface area (TPSA) is 12.9 Å². The summed E-state index contributed by atoms with van der Waals surface area (Å²) >= 11 is 0. The van der Waals surface area contributed by atoms with Gasteiger partial charge in [0, 0.05) is 11.1 Å². The van der Waals surface area contributed by atoms with E-state index in [1.54, 1.807) is 0 Å². The van der Waals surface area contributed by atoms with Crippen LogP contribution in [0.4, 0.5) is 0 Å². The number of pyridine rings is 1. The average molecular weight is 418 g/mol. The fourth-order valence-electron chi connectivity index (χ4n) is 4.89. The molecule has 1 nitrogen and oxygen atoms in total. The first-order valence-electron chi connectivity index (χ1n) is 11.8. The minimum Gasteiger partial charge on any atom is -0.248 e. The fraction of sp³-hybridized carbons (Fsp3) is 0.258. The van der Waals surface area contributed by atoms with E-state index in [1.807, 2.05) is 0 Å². The minimum atomic E-state index is 0.509. The van der Waals surface area contributed by atoms with Gasteiger partial charge in [0.25, 0.3) is 0 Å². The lowest BCUT2D eigenvalue weighted by atomic mass is 9.71. The van der Waals surface area contributed by atoms with Crippen LogP contribution in [0.15, 0.2) is 97.1 Å². The van der Waals surface area contributed by atoms with E-state index in [4.69, 9.17) is 4.98 Å². The van der Waals surface area contributed by atoms with Gasteiger partial charge in [-0.1, -0.05) is 98.8 Å². The maximum absolute atomic E-state index is 5.00. The monoisotopic (exact) mass is 417 g/mol. The van der Waals surface area contributed by atoms with Crippen LogP contribution in [-0.4, -0.2) is 4.98 Å². The maximum atomic E-state index is 5.00. The van der Waals surface area contributed by atoms with Crippen LogP contribution in [-0.2, 0) is 0 Å². The van der Waals surface area contributed by atoms with Crippen LogP contribution < -0.4 is 0 Å². The highest BCUT2D eigenvalue weighted by Crippen LogP contribution is 2.42. The van der Waals surface area contributed by atoms with Gasteiger partial charge in [-0.15, -0.1) is 0 Å². The molecule has 1 heteroatoms. The van der Waals surface area contributed by atoms with Gasteiger partial charge >= 0.3 is 0 Å². The van der Waals surface area contributed by atoms with E-state index in [0.717, 1.165) is 22.5 Å². The largest absolute Gasteiger partial charge is 0.248 e. The van der Waals surface area contributed by atoms with Crippen molar-refractivity contribution < 1.29 is 0 Å². The van der Waals surface area contributed by atoms with Crippen molar-refractivity contribution >= 4 is 0 Å². The smallest absolute Gasteiger partial charge is 0.0715 e. The van der Waals surface area contributed by atoms with E-state index in [-0.39, 0.29) is 0 Å². The van der Waals surface area contributed by atoms with E-state index in [9.17, 15) is 0 Å². The zero-order valence-electron chi connectivity index (χ0n) is 19.1. The number of rotatable bonds is 4. The highest BCUT2D eigenvalue weighted by Gasteiger charge is 2.27. The lowest BCUT2D eigenvalue weighted by molar-refractivity contribution is 0.224. The second-order valence-electron chi connectivity index (χ2n) is 9.92. The molecule has 1 heterocycles. The van der Waals surface area contributed by atoms with Crippen LogP contribution >= 0.6 is 0 Å². The molecular weight excluding hydrogens is 386 g/mol. The second kappa shape index (κ2) is 8.74. The van der Waals surface area contributed by atoms with Crippen molar-refractivity contribution in [3.05, 3.63) is 103 Å². The molecule has 1 fully saturated rings. The summed E-state index contributed by atoms with van der Waals surface area (Å²) in [4.78, 5) is 5.00. The summed E-state index contributed by atoms with van der Waals surface area (Å²) in [5.74, 6) is 0.703. The van der Waals surface area contributed by atoms with Crippen molar-refractivity contribution in [2.75, 3.05) is 0 Å². The van der Waals surface area contributed by atoms with Gasteiger partial charge in [0.15, 0.2) is 0 Å². The Bertz CT molecular complexity index is 1110. The van der Waals surface area contributed by atoms with Crippen LogP contribution in [0, 0.1) is 5.41 Å². The average Bonchev–Trinajstić information content (AvgIpc) is 2.85. The third-order valence-electron chi connectivity index (χ3n) is 7.02. The summed E-state index contributed by atoms with van der Waals surface area (Å²) in [6.45, 7) is 4.81. The Morgan fingerprint density at radius 1 is 0.594 bits per heavy atom. The fourth-order valence-corrected chi connectivity index (χ4v) is 4.89. The predicted octanol–water partition coefficient (Wildman–Crippen LogP) is 8.77. The molecule has 0 saturated heterocycles. The second-order valence-corrected chi connectivity index (χ2v) is 9.92. The summed E-state index contributed by atoms with van der Waals surface area (Å²) in [5.41, 5.74) is 8.79. The molecule has 0 radical (unpaired) electrons. The van der Waals surface area contributed by atoms with Crippen LogP contribution in [0.1, 0.15) is 51.0 Å². The molecule has 0 unspecified atom stereocenters. The molecule has 0 spiro atoms. The SMILES string of the molecule is CC1(C)CCC(c2ccc(-c3cc(-c4ccccc4)nc(-c4ccccc4)c3)cc2)CC1. The molecule has 1 aliphatic carbocycles. The number of aromatic nitrogens is 1. The third-order valence-corrected chi connectivity index (χ3v) is 7.02. The quantitative estimate of drug-likeness (QED) is 0.323. The Balaban J connectivity index is 1.50. The third kappa shape index (κ3) is 4.53. The zero-order chi connectivity index (χ0) is 22.0. The van der Waals surface area contributed by atoms with Crippen LogP contribution in [0.25, 0.3) is 33.6 Å². The molecule has 160 valence electrons. The normalized spacial score (nSPS) is 16.1. The van der Waals surface area contributed by atoms with Crippen LogP contribution in [0.2, 0.25) is 0 Å². The molecule has 3 aromatic carbocycles. The lowest BCUT2D eigenvalue weighted by Crippen LogP contribution is -2.20. The standard InChI is InChI=1S/C31H31N/c1-31(2)19-17-25(18-20-31)23-13-15-24(16-14-23)28-21-29(26-9-5-3-6-10-26)32-30(22-28)27-11-7-4-8-12-27/h3-16,21-22,25H,17-20H2,1-2H3. The van der Waals surface area contributed by atoms with Crippen molar-refractivity contribution in [3.63, 3.8) is 0 Å². The van der Waals surface area contributed by atoms with Gasteiger partial charge in [-0.2, -0.15) is 0 Å². The summed E-state index contributed by atoms with van der Waals surface area (Å²) in [7, 11) is 0. The Kier molecular flexibility index (Phi) is 5.66. The molecule has 0 bridgehead atoms. The molecule has 1 aliphatic rings. The first-order chi connectivity index (χ1) is 15.6.